The van der Waals surface area contributed by atoms with Crippen molar-refractivity contribution < 1.29 is 0 Å². The van der Waals surface area contributed by atoms with E-state index in [-0.39, 0.29) is 4.83 Å². The van der Waals surface area contributed by atoms with Crippen molar-refractivity contribution in [3.8, 4) is 0 Å². The Morgan fingerprint density at radius 3 is 2.71 bits per heavy atom. The van der Waals surface area contributed by atoms with Crippen LogP contribution < -0.4 is 0 Å². The maximum Gasteiger partial charge on any atom is 0.0705 e. The highest BCUT2D eigenvalue weighted by Gasteiger charge is 2.13. The first kappa shape index (κ1) is 15.4. The molecule has 1 unspecified atom stereocenters. The van der Waals surface area contributed by atoms with Gasteiger partial charge in [-0.05, 0) is 58.5 Å². The summed E-state index contributed by atoms with van der Waals surface area (Å²) >= 11 is 9.73. The van der Waals surface area contributed by atoms with E-state index in [4.69, 9.17) is 4.98 Å². The third kappa shape index (κ3) is 3.66. The number of aromatic nitrogens is 1. The molecule has 0 aliphatic carbocycles. The molecule has 2 aromatic carbocycles. The summed E-state index contributed by atoms with van der Waals surface area (Å²) in [6.07, 6.45) is 0.872. The van der Waals surface area contributed by atoms with E-state index in [0.29, 0.717) is 0 Å². The van der Waals surface area contributed by atoms with E-state index < -0.39 is 0 Å². The first-order chi connectivity index (χ1) is 10.1. The van der Waals surface area contributed by atoms with Gasteiger partial charge in [0, 0.05) is 30.4 Å². The maximum atomic E-state index is 4.75. The largest absolute Gasteiger partial charge is 0.253 e. The van der Waals surface area contributed by atoms with Crippen molar-refractivity contribution in [3.05, 3.63) is 73.9 Å². The third-order valence-electron chi connectivity index (χ3n) is 3.34. The van der Waals surface area contributed by atoms with Gasteiger partial charge in [0.15, 0.2) is 0 Å². The van der Waals surface area contributed by atoms with Gasteiger partial charge >= 0.3 is 0 Å². The van der Waals surface area contributed by atoms with Gasteiger partial charge in [0.25, 0.3) is 0 Å². The van der Waals surface area contributed by atoms with Crippen LogP contribution in [0, 0.1) is 3.57 Å². The number of rotatable bonds is 3. The Labute approximate surface area is 154 Å². The Morgan fingerprint density at radius 2 is 1.86 bits per heavy atom. The predicted molar refractivity (Wildman–Crippen MR) is 104 cm³/mol. The molecule has 1 aromatic heterocycles. The van der Waals surface area contributed by atoms with Gasteiger partial charge in [-0.1, -0.05) is 56.1 Å². The minimum Gasteiger partial charge on any atom is -0.253 e. The summed E-state index contributed by atoms with van der Waals surface area (Å²) in [5, 5.41) is 1.18. The van der Waals surface area contributed by atoms with Crippen LogP contribution in [0.3, 0.4) is 0 Å². The number of para-hydroxylation sites is 1. The number of hydrogen-bond acceptors (Lipinski definition) is 1. The molecule has 3 aromatic rings. The Hall–Kier alpha value is -0.460. The van der Waals surface area contributed by atoms with Crippen molar-refractivity contribution in [2.45, 2.75) is 11.2 Å². The van der Waals surface area contributed by atoms with Crippen molar-refractivity contribution in [2.24, 2.45) is 0 Å². The van der Waals surface area contributed by atoms with E-state index in [0.717, 1.165) is 22.1 Å². The second-order valence-electron chi connectivity index (χ2n) is 4.83. The lowest BCUT2D eigenvalue weighted by atomic mass is 10.1. The molecular formula is C17H12Br2IN. The molecule has 1 atom stereocenters. The van der Waals surface area contributed by atoms with Gasteiger partial charge in [-0.15, -0.1) is 0 Å². The van der Waals surface area contributed by atoms with Crippen LogP contribution in [-0.4, -0.2) is 4.98 Å². The first-order valence-corrected chi connectivity index (χ1v) is 9.36. The van der Waals surface area contributed by atoms with Crippen molar-refractivity contribution in [2.75, 3.05) is 0 Å². The van der Waals surface area contributed by atoms with Gasteiger partial charge in [-0.2, -0.15) is 0 Å². The van der Waals surface area contributed by atoms with Gasteiger partial charge in [0.1, 0.15) is 0 Å². The zero-order chi connectivity index (χ0) is 14.8. The molecule has 0 spiro atoms. The van der Waals surface area contributed by atoms with Crippen LogP contribution in [0.1, 0.15) is 16.1 Å². The molecule has 0 N–H and O–H groups in total. The minimum atomic E-state index is 0.260. The van der Waals surface area contributed by atoms with Crippen LogP contribution in [0.25, 0.3) is 10.9 Å². The van der Waals surface area contributed by atoms with E-state index in [2.05, 4.69) is 96.9 Å². The molecule has 0 saturated heterocycles. The van der Waals surface area contributed by atoms with E-state index in [1.165, 1.54) is 14.5 Å². The Morgan fingerprint density at radius 1 is 1.05 bits per heavy atom. The van der Waals surface area contributed by atoms with Crippen LogP contribution in [0.4, 0.5) is 0 Å². The number of nitrogens with zero attached hydrogens (tertiary/aromatic N) is 1. The van der Waals surface area contributed by atoms with E-state index in [9.17, 15) is 0 Å². The average Bonchev–Trinajstić information content (AvgIpc) is 2.49. The molecule has 1 heterocycles. The van der Waals surface area contributed by atoms with Crippen molar-refractivity contribution in [3.63, 3.8) is 0 Å². The zero-order valence-corrected chi connectivity index (χ0v) is 16.4. The van der Waals surface area contributed by atoms with Crippen molar-refractivity contribution in [1.29, 1.82) is 0 Å². The molecule has 1 nitrogen and oxygen atoms in total. The molecule has 0 bridgehead atoms. The summed E-state index contributed by atoms with van der Waals surface area (Å²) in [6.45, 7) is 0. The van der Waals surface area contributed by atoms with E-state index in [1.807, 2.05) is 12.1 Å². The molecule has 106 valence electrons. The predicted octanol–water partition coefficient (Wildman–Crippen LogP) is 6.28. The highest BCUT2D eigenvalue weighted by molar-refractivity contribution is 14.1. The Bertz CT molecular complexity index is 789. The average molecular weight is 517 g/mol. The fourth-order valence-electron chi connectivity index (χ4n) is 2.27. The zero-order valence-electron chi connectivity index (χ0n) is 11.1. The summed E-state index contributed by atoms with van der Waals surface area (Å²) in [6, 6.07) is 18.8. The van der Waals surface area contributed by atoms with Crippen LogP contribution in [-0.2, 0) is 6.42 Å². The standard InChI is InChI=1S/C17H12Br2IN/c18-12-6-8-16(20)14(9-12)15(19)10-13-7-5-11-3-1-2-4-17(11)21-13/h1-9,15H,10H2. The smallest absolute Gasteiger partial charge is 0.0705 e. The summed E-state index contributed by atoms with van der Waals surface area (Å²) in [5.41, 5.74) is 3.45. The lowest BCUT2D eigenvalue weighted by molar-refractivity contribution is 0.907. The SMILES string of the molecule is Brc1ccc(I)c(C(Br)Cc2ccc3ccccc3n2)c1. The molecular weight excluding hydrogens is 505 g/mol. The molecule has 0 radical (unpaired) electrons. The summed E-state index contributed by atoms with van der Waals surface area (Å²) in [7, 11) is 0. The van der Waals surface area contributed by atoms with Gasteiger partial charge < -0.3 is 0 Å². The monoisotopic (exact) mass is 515 g/mol. The molecule has 4 heteroatoms. The topological polar surface area (TPSA) is 12.9 Å². The molecule has 0 saturated carbocycles. The summed E-state index contributed by atoms with van der Waals surface area (Å²) in [4.78, 5) is 5.01. The lowest BCUT2D eigenvalue weighted by Crippen LogP contribution is -2.00. The van der Waals surface area contributed by atoms with Gasteiger partial charge in [-0.25, -0.2) is 0 Å². The fourth-order valence-corrected chi connectivity index (χ4v) is 4.50. The third-order valence-corrected chi connectivity index (χ3v) is 5.63. The number of hydrogen-bond donors (Lipinski definition) is 0. The second kappa shape index (κ2) is 6.75. The molecule has 0 aliphatic heterocycles. The van der Waals surface area contributed by atoms with Crippen LogP contribution in [0.2, 0.25) is 0 Å². The van der Waals surface area contributed by atoms with Crippen molar-refractivity contribution >= 4 is 65.4 Å². The van der Waals surface area contributed by atoms with Gasteiger partial charge in [0.2, 0.25) is 0 Å². The molecule has 0 fully saturated rings. The minimum absolute atomic E-state index is 0.260. The highest BCUT2D eigenvalue weighted by Crippen LogP contribution is 2.32. The summed E-state index contributed by atoms with van der Waals surface area (Å²) < 4.78 is 2.37. The number of halogens is 3. The molecule has 0 amide bonds. The quantitative estimate of drug-likeness (QED) is 0.295. The van der Waals surface area contributed by atoms with Crippen LogP contribution in [0.15, 0.2) is 59.1 Å². The van der Waals surface area contributed by atoms with Gasteiger partial charge in [-0.3, -0.25) is 4.98 Å². The first-order valence-electron chi connectivity index (χ1n) is 6.57. The lowest BCUT2D eigenvalue weighted by Gasteiger charge is -2.13. The fraction of sp³-hybridized carbons (Fsp3) is 0.118. The maximum absolute atomic E-state index is 4.75. The normalized spacial score (nSPS) is 12.5. The van der Waals surface area contributed by atoms with E-state index >= 15 is 0 Å². The summed E-state index contributed by atoms with van der Waals surface area (Å²) in [5.74, 6) is 0. The second-order valence-corrected chi connectivity index (χ2v) is 8.02. The Balaban J connectivity index is 1.88. The van der Waals surface area contributed by atoms with E-state index in [1.54, 1.807) is 0 Å². The highest BCUT2D eigenvalue weighted by atomic mass is 127. The Kier molecular flexibility index (Phi) is 4.96. The van der Waals surface area contributed by atoms with Crippen LogP contribution in [0.5, 0.6) is 0 Å². The molecule has 0 aliphatic rings. The van der Waals surface area contributed by atoms with Crippen LogP contribution >= 0.6 is 54.5 Å². The number of fused-ring (bicyclic) bond motifs is 1. The molecule has 21 heavy (non-hydrogen) atoms. The number of alkyl halides is 1. The number of pyridine rings is 1. The van der Waals surface area contributed by atoms with Crippen molar-refractivity contribution in [1.82, 2.24) is 4.98 Å². The molecule has 3 rings (SSSR count). The number of benzene rings is 2. The van der Waals surface area contributed by atoms with Gasteiger partial charge in [0.05, 0.1) is 5.52 Å².